The van der Waals surface area contributed by atoms with Crippen LogP contribution in [0.4, 0.5) is 11.5 Å². The lowest BCUT2D eigenvalue weighted by Gasteiger charge is -2.09. The first-order chi connectivity index (χ1) is 8.69. The van der Waals surface area contributed by atoms with Crippen LogP contribution < -0.4 is 5.32 Å². The van der Waals surface area contributed by atoms with Crippen LogP contribution in [0.15, 0.2) is 17.2 Å². The van der Waals surface area contributed by atoms with Crippen molar-refractivity contribution in [1.29, 1.82) is 0 Å². The van der Waals surface area contributed by atoms with Gasteiger partial charge in [-0.2, -0.15) is 0 Å². The summed E-state index contributed by atoms with van der Waals surface area (Å²) < 4.78 is 0. The molecule has 98 valence electrons. The van der Waals surface area contributed by atoms with Crippen molar-refractivity contribution in [2.75, 3.05) is 11.9 Å². The maximum absolute atomic E-state index is 10.9. The van der Waals surface area contributed by atoms with Crippen LogP contribution >= 0.6 is 11.8 Å². The van der Waals surface area contributed by atoms with Crippen molar-refractivity contribution in [2.24, 2.45) is 0 Å². The molecule has 1 fully saturated rings. The third-order valence-corrected chi connectivity index (χ3v) is 4.20. The Bertz CT molecular complexity index is 433. The standard InChI is InChI=1S/C12H17N3O2S/c1-2-13-11-7-9(15(16)17)8-12(14-11)18-10-5-3-4-6-10/h7-8,10H,2-6H2,1H3,(H,13,14). The van der Waals surface area contributed by atoms with Crippen molar-refractivity contribution in [3.05, 3.63) is 22.2 Å². The first-order valence-corrected chi connectivity index (χ1v) is 7.14. The SMILES string of the molecule is CCNc1cc([N+](=O)[O-])cc(SC2CCCC2)n1. The molecule has 0 spiro atoms. The fraction of sp³-hybridized carbons (Fsp3) is 0.583. The van der Waals surface area contributed by atoms with E-state index in [1.54, 1.807) is 17.8 Å². The molecule has 0 unspecified atom stereocenters. The van der Waals surface area contributed by atoms with Gasteiger partial charge in [-0.1, -0.05) is 12.8 Å². The number of nitrogens with zero attached hydrogens (tertiary/aromatic N) is 2. The average molecular weight is 267 g/mol. The van der Waals surface area contributed by atoms with Crippen LogP contribution in [0.5, 0.6) is 0 Å². The number of pyridine rings is 1. The smallest absolute Gasteiger partial charge is 0.275 e. The first-order valence-electron chi connectivity index (χ1n) is 6.26. The first kappa shape index (κ1) is 13.1. The molecule has 2 rings (SSSR count). The Morgan fingerprint density at radius 3 is 2.83 bits per heavy atom. The Morgan fingerprint density at radius 2 is 2.22 bits per heavy atom. The normalized spacial score (nSPS) is 15.8. The van der Waals surface area contributed by atoms with E-state index in [0.717, 1.165) is 5.03 Å². The van der Waals surface area contributed by atoms with E-state index in [2.05, 4.69) is 10.3 Å². The van der Waals surface area contributed by atoms with Gasteiger partial charge in [0.05, 0.1) is 11.0 Å². The number of anilines is 1. The zero-order valence-electron chi connectivity index (χ0n) is 10.4. The van der Waals surface area contributed by atoms with Gasteiger partial charge < -0.3 is 5.32 Å². The minimum atomic E-state index is -0.360. The number of thioether (sulfide) groups is 1. The molecule has 0 aliphatic heterocycles. The topological polar surface area (TPSA) is 68.1 Å². The average Bonchev–Trinajstić information content (AvgIpc) is 2.82. The fourth-order valence-electron chi connectivity index (χ4n) is 2.11. The van der Waals surface area contributed by atoms with Crippen molar-refractivity contribution < 1.29 is 4.92 Å². The van der Waals surface area contributed by atoms with Crippen molar-refractivity contribution in [2.45, 2.75) is 42.9 Å². The Morgan fingerprint density at radius 1 is 1.50 bits per heavy atom. The molecule has 1 aliphatic rings. The molecule has 18 heavy (non-hydrogen) atoms. The van der Waals surface area contributed by atoms with Gasteiger partial charge in [0, 0.05) is 17.9 Å². The molecule has 0 bridgehead atoms. The molecule has 5 nitrogen and oxygen atoms in total. The monoisotopic (exact) mass is 267 g/mol. The summed E-state index contributed by atoms with van der Waals surface area (Å²) in [4.78, 5) is 14.9. The molecule has 0 atom stereocenters. The van der Waals surface area contributed by atoms with E-state index in [1.165, 1.54) is 31.7 Å². The maximum Gasteiger partial charge on any atom is 0.275 e. The van der Waals surface area contributed by atoms with E-state index in [9.17, 15) is 10.1 Å². The van der Waals surface area contributed by atoms with E-state index < -0.39 is 0 Å². The lowest BCUT2D eigenvalue weighted by atomic mass is 10.4. The summed E-state index contributed by atoms with van der Waals surface area (Å²) in [6, 6.07) is 3.06. The van der Waals surface area contributed by atoms with Crippen LogP contribution in [0.1, 0.15) is 32.6 Å². The van der Waals surface area contributed by atoms with Crippen molar-refractivity contribution >= 4 is 23.3 Å². The Labute approximate surface area is 111 Å². The second-order valence-electron chi connectivity index (χ2n) is 4.36. The maximum atomic E-state index is 10.9. The number of hydrogen-bond acceptors (Lipinski definition) is 5. The summed E-state index contributed by atoms with van der Waals surface area (Å²) in [5, 5.41) is 15.2. The third kappa shape index (κ3) is 3.35. The highest BCUT2D eigenvalue weighted by molar-refractivity contribution is 7.99. The number of nitro groups is 1. The van der Waals surface area contributed by atoms with Gasteiger partial charge in [-0.05, 0) is 19.8 Å². The molecular weight excluding hydrogens is 250 g/mol. The molecule has 0 radical (unpaired) electrons. The molecule has 0 saturated heterocycles. The quantitative estimate of drug-likeness (QED) is 0.653. The number of rotatable bonds is 5. The van der Waals surface area contributed by atoms with Crippen LogP contribution in [0.3, 0.4) is 0 Å². The summed E-state index contributed by atoms with van der Waals surface area (Å²) in [6.07, 6.45) is 4.89. The summed E-state index contributed by atoms with van der Waals surface area (Å²) >= 11 is 1.67. The molecule has 1 N–H and O–H groups in total. The molecule has 1 saturated carbocycles. The van der Waals surface area contributed by atoms with Gasteiger partial charge in [0.15, 0.2) is 0 Å². The van der Waals surface area contributed by atoms with Gasteiger partial charge in [-0.15, -0.1) is 11.8 Å². The minimum Gasteiger partial charge on any atom is -0.370 e. The molecule has 1 aromatic heterocycles. The highest BCUT2D eigenvalue weighted by Gasteiger charge is 2.19. The highest BCUT2D eigenvalue weighted by Crippen LogP contribution is 2.35. The Hall–Kier alpha value is -1.30. The lowest BCUT2D eigenvalue weighted by molar-refractivity contribution is -0.385. The van der Waals surface area contributed by atoms with Crippen molar-refractivity contribution in [3.8, 4) is 0 Å². The van der Waals surface area contributed by atoms with E-state index in [4.69, 9.17) is 0 Å². The third-order valence-electron chi connectivity index (χ3n) is 2.94. The molecule has 0 aromatic carbocycles. The van der Waals surface area contributed by atoms with Gasteiger partial charge in [-0.3, -0.25) is 10.1 Å². The van der Waals surface area contributed by atoms with Crippen molar-refractivity contribution in [1.82, 2.24) is 4.98 Å². The van der Waals surface area contributed by atoms with E-state index in [-0.39, 0.29) is 10.6 Å². The summed E-state index contributed by atoms with van der Waals surface area (Å²) in [5.41, 5.74) is 0.112. The number of hydrogen-bond donors (Lipinski definition) is 1. The summed E-state index contributed by atoms with van der Waals surface area (Å²) in [7, 11) is 0. The van der Waals surface area contributed by atoms with Gasteiger partial charge in [0.25, 0.3) is 5.69 Å². The summed E-state index contributed by atoms with van der Waals surface area (Å²) in [6.45, 7) is 2.66. The van der Waals surface area contributed by atoms with Crippen LogP contribution in [0.2, 0.25) is 0 Å². The van der Waals surface area contributed by atoms with Crippen molar-refractivity contribution in [3.63, 3.8) is 0 Å². The molecule has 1 aromatic rings. The van der Waals surface area contributed by atoms with E-state index in [1.807, 2.05) is 6.92 Å². The van der Waals surface area contributed by atoms with E-state index >= 15 is 0 Å². The van der Waals surface area contributed by atoms with Crippen LogP contribution in [-0.4, -0.2) is 21.7 Å². The van der Waals surface area contributed by atoms with Crippen LogP contribution in [0.25, 0.3) is 0 Å². The number of aromatic nitrogens is 1. The second-order valence-corrected chi connectivity index (χ2v) is 5.68. The molecule has 0 amide bonds. The Balaban J connectivity index is 2.18. The predicted octanol–water partition coefficient (Wildman–Crippen LogP) is 3.46. The van der Waals surface area contributed by atoms with Crippen LogP contribution in [0, 0.1) is 10.1 Å². The number of nitrogens with one attached hydrogen (secondary N) is 1. The minimum absolute atomic E-state index is 0.112. The molecule has 1 aliphatic carbocycles. The Kier molecular flexibility index (Phi) is 4.41. The lowest BCUT2D eigenvalue weighted by Crippen LogP contribution is -2.03. The predicted molar refractivity (Wildman–Crippen MR) is 73.2 cm³/mol. The van der Waals surface area contributed by atoms with Gasteiger partial charge >= 0.3 is 0 Å². The molecular formula is C12H17N3O2S. The van der Waals surface area contributed by atoms with Gasteiger partial charge in [0.2, 0.25) is 0 Å². The fourth-order valence-corrected chi connectivity index (χ4v) is 3.36. The summed E-state index contributed by atoms with van der Waals surface area (Å²) in [5.74, 6) is 0.590. The second kappa shape index (κ2) is 6.04. The van der Waals surface area contributed by atoms with Gasteiger partial charge in [-0.25, -0.2) is 4.98 Å². The zero-order chi connectivity index (χ0) is 13.0. The molecule has 6 heteroatoms. The zero-order valence-corrected chi connectivity index (χ0v) is 11.2. The molecule has 1 heterocycles. The van der Waals surface area contributed by atoms with E-state index in [0.29, 0.717) is 17.6 Å². The van der Waals surface area contributed by atoms with Gasteiger partial charge in [0.1, 0.15) is 10.8 Å². The highest BCUT2D eigenvalue weighted by atomic mass is 32.2. The van der Waals surface area contributed by atoms with Crippen LogP contribution in [-0.2, 0) is 0 Å². The largest absolute Gasteiger partial charge is 0.370 e.